The van der Waals surface area contributed by atoms with Gasteiger partial charge in [-0.05, 0) is 77.7 Å². The fraction of sp³-hybridized carbons (Fsp3) is 0.294. The number of azide groups is 1. The number of ether oxygens (including phenoxy) is 4. The van der Waals surface area contributed by atoms with E-state index in [4.69, 9.17) is 53.8 Å². The number of thioether (sulfide) groups is 1. The van der Waals surface area contributed by atoms with Crippen molar-refractivity contribution in [3.63, 3.8) is 0 Å². The van der Waals surface area contributed by atoms with Gasteiger partial charge in [0.25, 0.3) is 0 Å². The van der Waals surface area contributed by atoms with Gasteiger partial charge in [-0.3, -0.25) is 0 Å². The monoisotopic (exact) mass is 683 g/mol. The average Bonchev–Trinajstić information content (AvgIpc) is 3.04. The molecule has 0 aliphatic carbocycles. The molecule has 11 heteroatoms. The van der Waals surface area contributed by atoms with Crippen LogP contribution in [0.4, 0.5) is 0 Å². The van der Waals surface area contributed by atoms with Gasteiger partial charge in [0.2, 0.25) is 0 Å². The van der Waals surface area contributed by atoms with Crippen LogP contribution in [0, 0.1) is 6.92 Å². The molecule has 234 valence electrons. The van der Waals surface area contributed by atoms with E-state index in [0.29, 0.717) is 21.7 Å². The van der Waals surface area contributed by atoms with Crippen molar-refractivity contribution in [1.82, 2.24) is 0 Å². The smallest absolute Gasteiger partial charge is 0.119 e. The van der Waals surface area contributed by atoms with E-state index in [1.807, 2.05) is 104 Å². The Morgan fingerprint density at radius 3 is 1.71 bits per heavy atom. The fourth-order valence-corrected chi connectivity index (χ4v) is 6.36. The Kier molecular flexibility index (Phi) is 12.5. The van der Waals surface area contributed by atoms with Gasteiger partial charge in [-0.15, -0.1) is 0 Å². The predicted octanol–water partition coefficient (Wildman–Crippen LogP) is 9.84. The molecule has 4 aromatic carbocycles. The van der Waals surface area contributed by atoms with Crippen LogP contribution < -0.4 is 0 Å². The summed E-state index contributed by atoms with van der Waals surface area (Å²) in [5.74, 6) is 0. The van der Waals surface area contributed by atoms with E-state index in [1.165, 1.54) is 11.8 Å². The maximum absolute atomic E-state index is 9.68. The topological polar surface area (TPSA) is 85.7 Å². The zero-order valence-electron chi connectivity index (χ0n) is 24.5. The molecule has 5 atom stereocenters. The first-order chi connectivity index (χ1) is 21.9. The molecule has 0 N–H and O–H groups in total. The second-order valence-corrected chi connectivity index (χ2v) is 13.1. The molecule has 1 saturated heterocycles. The Morgan fingerprint density at radius 2 is 1.20 bits per heavy atom. The maximum Gasteiger partial charge on any atom is 0.119 e. The van der Waals surface area contributed by atoms with Gasteiger partial charge in [-0.25, -0.2) is 0 Å². The molecule has 0 saturated carbocycles. The van der Waals surface area contributed by atoms with Gasteiger partial charge in [0.15, 0.2) is 0 Å². The first-order valence-corrected chi connectivity index (χ1v) is 16.4. The molecule has 7 nitrogen and oxygen atoms in total. The van der Waals surface area contributed by atoms with E-state index in [0.717, 1.165) is 27.1 Å². The summed E-state index contributed by atoms with van der Waals surface area (Å²) in [6.45, 7) is 3.11. The van der Waals surface area contributed by atoms with E-state index in [-0.39, 0.29) is 19.8 Å². The summed E-state index contributed by atoms with van der Waals surface area (Å²) in [7, 11) is 0. The van der Waals surface area contributed by atoms with E-state index < -0.39 is 29.8 Å². The zero-order valence-corrected chi connectivity index (χ0v) is 27.6. The average molecular weight is 685 g/mol. The molecular formula is C34H32Cl3N3O4S. The highest BCUT2D eigenvalue weighted by Gasteiger charge is 2.47. The van der Waals surface area contributed by atoms with E-state index >= 15 is 0 Å². The fourth-order valence-electron chi connectivity index (χ4n) is 4.87. The lowest BCUT2D eigenvalue weighted by Crippen LogP contribution is -2.58. The SMILES string of the molecule is Cc1ccc(S[C@H]2O[C@@H](COCc3ccc(Cl)cc3)[C@H](OCc3ccc(Cl)cc3)[C@H](OCc3ccc(Cl)cc3)[C@H]2N=[N+]=[N-])cc1. The lowest BCUT2D eigenvalue weighted by molar-refractivity contribution is -0.211. The van der Waals surface area contributed by atoms with Crippen molar-refractivity contribution >= 4 is 46.6 Å². The normalized spacial score (nSPS) is 21.3. The second-order valence-electron chi connectivity index (χ2n) is 10.6. The minimum Gasteiger partial charge on any atom is -0.374 e. The third-order valence-corrected chi connectivity index (χ3v) is 9.17. The number of hydrogen-bond acceptors (Lipinski definition) is 6. The summed E-state index contributed by atoms with van der Waals surface area (Å²) < 4.78 is 26.0. The van der Waals surface area contributed by atoms with Crippen molar-refractivity contribution < 1.29 is 18.9 Å². The van der Waals surface area contributed by atoms with Gasteiger partial charge in [0.1, 0.15) is 23.7 Å². The van der Waals surface area contributed by atoms with Crippen molar-refractivity contribution in [2.75, 3.05) is 6.61 Å². The summed E-state index contributed by atoms with van der Waals surface area (Å²) in [6.07, 6.45) is -1.85. The van der Waals surface area contributed by atoms with Crippen LogP contribution in [0.3, 0.4) is 0 Å². The molecule has 0 radical (unpaired) electrons. The van der Waals surface area contributed by atoms with Gasteiger partial charge in [-0.2, -0.15) is 0 Å². The molecule has 4 aromatic rings. The van der Waals surface area contributed by atoms with Gasteiger partial charge in [0.05, 0.1) is 32.5 Å². The van der Waals surface area contributed by atoms with Crippen LogP contribution in [-0.2, 0) is 38.8 Å². The molecule has 0 bridgehead atoms. The number of nitrogens with zero attached hydrogens (tertiary/aromatic N) is 3. The summed E-state index contributed by atoms with van der Waals surface area (Å²) in [5.41, 5.74) is 13.1. The van der Waals surface area contributed by atoms with Crippen LogP contribution in [0.5, 0.6) is 0 Å². The molecule has 1 fully saturated rings. The number of halogens is 3. The van der Waals surface area contributed by atoms with Crippen LogP contribution in [0.15, 0.2) is 107 Å². The van der Waals surface area contributed by atoms with E-state index in [1.54, 1.807) is 0 Å². The number of benzene rings is 4. The maximum atomic E-state index is 9.68. The highest BCUT2D eigenvalue weighted by atomic mass is 35.5. The predicted molar refractivity (Wildman–Crippen MR) is 180 cm³/mol. The molecule has 5 rings (SSSR count). The van der Waals surface area contributed by atoms with Crippen molar-refractivity contribution in [2.24, 2.45) is 5.11 Å². The Bertz CT molecular complexity index is 1550. The second kappa shape index (κ2) is 16.7. The van der Waals surface area contributed by atoms with Crippen LogP contribution in [0.1, 0.15) is 22.3 Å². The Morgan fingerprint density at radius 1 is 0.711 bits per heavy atom. The minimum absolute atomic E-state index is 0.211. The van der Waals surface area contributed by atoms with Crippen LogP contribution in [-0.4, -0.2) is 36.4 Å². The molecule has 1 aliphatic rings. The summed E-state index contributed by atoms with van der Waals surface area (Å²) in [6, 6.07) is 29.8. The molecule has 0 spiro atoms. The molecule has 45 heavy (non-hydrogen) atoms. The Balaban J connectivity index is 1.44. The lowest BCUT2D eigenvalue weighted by atomic mass is 9.97. The van der Waals surface area contributed by atoms with Crippen molar-refractivity contribution in [1.29, 1.82) is 0 Å². The first kappa shape index (κ1) is 33.6. The van der Waals surface area contributed by atoms with Gasteiger partial charge in [-0.1, -0.05) is 106 Å². The molecular weight excluding hydrogens is 653 g/mol. The summed E-state index contributed by atoms with van der Waals surface area (Å²) in [5, 5.41) is 6.14. The lowest BCUT2D eigenvalue weighted by Gasteiger charge is -2.44. The van der Waals surface area contributed by atoms with Gasteiger partial charge >= 0.3 is 0 Å². The third kappa shape index (κ3) is 9.87. The number of aryl methyl sites for hydroxylation is 1. The van der Waals surface area contributed by atoms with Gasteiger partial charge < -0.3 is 18.9 Å². The Hall–Kier alpha value is -2.75. The molecule has 0 unspecified atom stereocenters. The van der Waals surface area contributed by atoms with Gasteiger partial charge in [0, 0.05) is 24.9 Å². The molecule has 1 heterocycles. The van der Waals surface area contributed by atoms with Crippen molar-refractivity contribution in [3.8, 4) is 0 Å². The highest BCUT2D eigenvalue weighted by Crippen LogP contribution is 2.38. The van der Waals surface area contributed by atoms with Crippen molar-refractivity contribution in [2.45, 2.75) is 61.4 Å². The number of hydrogen-bond donors (Lipinski definition) is 0. The highest BCUT2D eigenvalue weighted by molar-refractivity contribution is 7.99. The van der Waals surface area contributed by atoms with Crippen molar-refractivity contribution in [3.05, 3.63) is 145 Å². The first-order valence-electron chi connectivity index (χ1n) is 14.4. The number of rotatable bonds is 13. The standard InChI is InChI=1S/C34H32Cl3N3O4S/c1-22-2-16-29(17-3-22)45-34-31(39-40-38)33(43-20-25-8-14-28(37)15-9-25)32(42-19-24-6-12-27(36)13-7-24)30(44-34)21-41-18-23-4-10-26(35)11-5-23/h2-17,30-34H,18-21H2,1H3/t30-,31+,32-,33+,34+/m0/s1. The zero-order chi connectivity index (χ0) is 31.6. The third-order valence-electron chi connectivity index (χ3n) is 7.25. The molecule has 0 aromatic heterocycles. The minimum atomic E-state index is -0.712. The van der Waals surface area contributed by atoms with Crippen LogP contribution in [0.2, 0.25) is 15.1 Å². The Labute approximate surface area is 282 Å². The quantitative estimate of drug-likeness (QED) is 0.0795. The summed E-state index contributed by atoms with van der Waals surface area (Å²) >= 11 is 19.8. The van der Waals surface area contributed by atoms with E-state index in [2.05, 4.69) is 10.0 Å². The van der Waals surface area contributed by atoms with E-state index in [9.17, 15) is 5.53 Å². The van der Waals surface area contributed by atoms with Crippen LogP contribution in [0.25, 0.3) is 10.4 Å². The molecule has 1 aliphatic heterocycles. The summed E-state index contributed by atoms with van der Waals surface area (Å²) in [4.78, 5) is 4.17. The van der Waals surface area contributed by atoms with Crippen LogP contribution >= 0.6 is 46.6 Å². The largest absolute Gasteiger partial charge is 0.374 e. The molecule has 0 amide bonds.